The highest BCUT2D eigenvalue weighted by Gasteiger charge is 2.07. The molecule has 0 atom stereocenters. The maximum absolute atomic E-state index is 5.77. The molecule has 0 aliphatic rings. The van der Waals surface area contributed by atoms with Crippen molar-refractivity contribution < 1.29 is 0 Å². The van der Waals surface area contributed by atoms with Crippen molar-refractivity contribution in [1.29, 1.82) is 0 Å². The first-order chi connectivity index (χ1) is 8.72. The van der Waals surface area contributed by atoms with Crippen LogP contribution in [0.25, 0.3) is 5.65 Å². The summed E-state index contributed by atoms with van der Waals surface area (Å²) in [7, 11) is 0. The van der Waals surface area contributed by atoms with Crippen molar-refractivity contribution in [2.75, 3.05) is 18.8 Å². The topological polar surface area (TPSA) is 46.6 Å². The SMILES string of the molecule is CCCCN(CC)Cc1cn2cc(N)ccc2n1. The molecular weight excluding hydrogens is 224 g/mol. The van der Waals surface area contributed by atoms with E-state index in [0.29, 0.717) is 0 Å². The number of anilines is 1. The van der Waals surface area contributed by atoms with E-state index in [2.05, 4.69) is 29.9 Å². The van der Waals surface area contributed by atoms with Gasteiger partial charge in [0.15, 0.2) is 0 Å². The number of fused-ring (bicyclic) bond motifs is 1. The monoisotopic (exact) mass is 246 g/mol. The van der Waals surface area contributed by atoms with Crippen LogP contribution in [0.5, 0.6) is 0 Å². The molecule has 2 N–H and O–H groups in total. The van der Waals surface area contributed by atoms with E-state index in [1.807, 2.05) is 22.7 Å². The summed E-state index contributed by atoms with van der Waals surface area (Å²) in [5, 5.41) is 0. The van der Waals surface area contributed by atoms with Gasteiger partial charge in [0.2, 0.25) is 0 Å². The second kappa shape index (κ2) is 5.87. The van der Waals surface area contributed by atoms with Gasteiger partial charge in [-0.2, -0.15) is 0 Å². The summed E-state index contributed by atoms with van der Waals surface area (Å²) >= 11 is 0. The Labute approximate surface area is 108 Å². The molecule has 4 heteroatoms. The van der Waals surface area contributed by atoms with E-state index in [9.17, 15) is 0 Å². The molecule has 0 aliphatic heterocycles. The molecule has 4 nitrogen and oxygen atoms in total. The van der Waals surface area contributed by atoms with E-state index >= 15 is 0 Å². The minimum absolute atomic E-state index is 0.768. The van der Waals surface area contributed by atoms with Crippen LogP contribution in [0.15, 0.2) is 24.5 Å². The number of unbranched alkanes of at least 4 members (excludes halogenated alkanes) is 1. The van der Waals surface area contributed by atoms with Gasteiger partial charge in [0.1, 0.15) is 5.65 Å². The van der Waals surface area contributed by atoms with Crippen molar-refractivity contribution in [3.8, 4) is 0 Å². The average molecular weight is 246 g/mol. The Morgan fingerprint density at radius 1 is 1.28 bits per heavy atom. The number of rotatable bonds is 6. The van der Waals surface area contributed by atoms with Crippen LogP contribution in [-0.4, -0.2) is 27.4 Å². The summed E-state index contributed by atoms with van der Waals surface area (Å²) < 4.78 is 2.00. The van der Waals surface area contributed by atoms with Crippen LogP contribution < -0.4 is 5.73 Å². The van der Waals surface area contributed by atoms with Crippen molar-refractivity contribution in [1.82, 2.24) is 14.3 Å². The lowest BCUT2D eigenvalue weighted by Crippen LogP contribution is -2.24. The van der Waals surface area contributed by atoms with Crippen molar-refractivity contribution in [3.05, 3.63) is 30.2 Å². The lowest BCUT2D eigenvalue weighted by molar-refractivity contribution is 0.272. The molecule has 0 saturated carbocycles. The molecule has 0 fully saturated rings. The predicted molar refractivity (Wildman–Crippen MR) is 75.5 cm³/mol. The van der Waals surface area contributed by atoms with E-state index in [1.165, 1.54) is 12.8 Å². The Morgan fingerprint density at radius 2 is 2.11 bits per heavy atom. The molecule has 0 spiro atoms. The number of pyridine rings is 1. The Morgan fingerprint density at radius 3 is 2.83 bits per heavy atom. The second-order valence-corrected chi connectivity index (χ2v) is 4.68. The average Bonchev–Trinajstić information content (AvgIpc) is 2.75. The van der Waals surface area contributed by atoms with Crippen molar-refractivity contribution in [2.24, 2.45) is 0 Å². The van der Waals surface area contributed by atoms with Crippen LogP contribution in [0.1, 0.15) is 32.4 Å². The van der Waals surface area contributed by atoms with Crippen molar-refractivity contribution >= 4 is 11.3 Å². The summed E-state index contributed by atoms with van der Waals surface area (Å²) in [6, 6.07) is 3.85. The van der Waals surface area contributed by atoms with Gasteiger partial charge in [-0.05, 0) is 31.6 Å². The van der Waals surface area contributed by atoms with Gasteiger partial charge < -0.3 is 10.1 Å². The van der Waals surface area contributed by atoms with Gasteiger partial charge in [-0.25, -0.2) is 4.98 Å². The standard InChI is InChI=1S/C14H22N4/c1-3-5-8-17(4-2)10-13-11-18-9-12(15)6-7-14(18)16-13/h6-7,9,11H,3-5,8,10,15H2,1-2H3. The van der Waals surface area contributed by atoms with Gasteiger partial charge >= 0.3 is 0 Å². The normalized spacial score (nSPS) is 11.5. The third-order valence-electron chi connectivity index (χ3n) is 3.18. The third-order valence-corrected chi connectivity index (χ3v) is 3.18. The zero-order valence-electron chi connectivity index (χ0n) is 11.3. The fourth-order valence-electron chi connectivity index (χ4n) is 2.10. The van der Waals surface area contributed by atoms with Crippen LogP contribution in [0.4, 0.5) is 5.69 Å². The fourth-order valence-corrected chi connectivity index (χ4v) is 2.10. The molecule has 2 aromatic heterocycles. The number of hydrogen-bond donors (Lipinski definition) is 1. The highest BCUT2D eigenvalue weighted by Crippen LogP contribution is 2.11. The van der Waals surface area contributed by atoms with Gasteiger partial charge in [-0.3, -0.25) is 4.90 Å². The van der Waals surface area contributed by atoms with Crippen molar-refractivity contribution in [2.45, 2.75) is 33.2 Å². The summed E-state index contributed by atoms with van der Waals surface area (Å²) in [5.41, 5.74) is 8.61. The predicted octanol–water partition coefficient (Wildman–Crippen LogP) is 2.54. The number of hydrogen-bond acceptors (Lipinski definition) is 3. The molecule has 18 heavy (non-hydrogen) atoms. The van der Waals surface area contributed by atoms with Gasteiger partial charge in [0.05, 0.1) is 5.69 Å². The van der Waals surface area contributed by atoms with Crippen LogP contribution in [0.2, 0.25) is 0 Å². The first-order valence-corrected chi connectivity index (χ1v) is 6.68. The first kappa shape index (κ1) is 12.9. The zero-order valence-corrected chi connectivity index (χ0v) is 11.3. The minimum Gasteiger partial charge on any atom is -0.398 e. The molecule has 0 saturated heterocycles. The summed E-state index contributed by atoms with van der Waals surface area (Å²) in [6.45, 7) is 7.54. The lowest BCUT2D eigenvalue weighted by Gasteiger charge is -2.18. The maximum atomic E-state index is 5.77. The Balaban J connectivity index is 2.10. The Hall–Kier alpha value is -1.55. The Bertz CT molecular complexity index is 503. The highest BCUT2D eigenvalue weighted by molar-refractivity contribution is 5.48. The molecular formula is C14H22N4. The number of nitrogens with two attached hydrogens (primary N) is 1. The maximum Gasteiger partial charge on any atom is 0.137 e. The minimum atomic E-state index is 0.768. The highest BCUT2D eigenvalue weighted by atomic mass is 15.1. The number of aromatic nitrogens is 2. The molecule has 2 heterocycles. The lowest BCUT2D eigenvalue weighted by atomic mass is 10.3. The van der Waals surface area contributed by atoms with Crippen LogP contribution >= 0.6 is 0 Å². The van der Waals surface area contributed by atoms with Crippen LogP contribution in [0, 0.1) is 0 Å². The smallest absolute Gasteiger partial charge is 0.137 e. The number of nitrogens with zero attached hydrogens (tertiary/aromatic N) is 3. The molecule has 98 valence electrons. The van der Waals surface area contributed by atoms with E-state index in [1.54, 1.807) is 0 Å². The largest absolute Gasteiger partial charge is 0.398 e. The third kappa shape index (κ3) is 3.01. The summed E-state index contributed by atoms with van der Waals surface area (Å²) in [4.78, 5) is 7.04. The molecule has 0 aromatic carbocycles. The fraction of sp³-hybridized carbons (Fsp3) is 0.500. The van der Waals surface area contributed by atoms with E-state index in [4.69, 9.17) is 5.73 Å². The molecule has 0 aliphatic carbocycles. The molecule has 0 radical (unpaired) electrons. The van der Waals surface area contributed by atoms with E-state index in [0.717, 1.165) is 36.7 Å². The zero-order chi connectivity index (χ0) is 13.0. The van der Waals surface area contributed by atoms with Gasteiger partial charge in [0, 0.05) is 24.6 Å². The first-order valence-electron chi connectivity index (χ1n) is 6.68. The van der Waals surface area contributed by atoms with E-state index < -0.39 is 0 Å². The van der Waals surface area contributed by atoms with Gasteiger partial charge in [-0.15, -0.1) is 0 Å². The molecule has 0 unspecified atom stereocenters. The van der Waals surface area contributed by atoms with E-state index in [-0.39, 0.29) is 0 Å². The number of nitrogen functional groups attached to an aromatic ring is 1. The molecule has 2 aromatic rings. The Kier molecular flexibility index (Phi) is 4.20. The molecule has 0 bridgehead atoms. The summed E-state index contributed by atoms with van der Waals surface area (Å²) in [5.74, 6) is 0. The summed E-state index contributed by atoms with van der Waals surface area (Å²) in [6.07, 6.45) is 6.46. The van der Waals surface area contributed by atoms with Gasteiger partial charge in [0.25, 0.3) is 0 Å². The van der Waals surface area contributed by atoms with Crippen molar-refractivity contribution in [3.63, 3.8) is 0 Å². The second-order valence-electron chi connectivity index (χ2n) is 4.68. The van der Waals surface area contributed by atoms with Gasteiger partial charge in [-0.1, -0.05) is 20.3 Å². The van der Waals surface area contributed by atoms with Crippen LogP contribution in [0.3, 0.4) is 0 Å². The molecule has 0 amide bonds. The van der Waals surface area contributed by atoms with Crippen LogP contribution in [-0.2, 0) is 6.54 Å². The molecule has 2 rings (SSSR count). The quantitative estimate of drug-likeness (QED) is 0.852. The number of imidazole rings is 1.